The summed E-state index contributed by atoms with van der Waals surface area (Å²) in [5, 5.41) is 12.7. The maximum atomic E-state index is 12.3. The number of thioether (sulfide) groups is 1. The van der Waals surface area contributed by atoms with Gasteiger partial charge in [-0.15, -0.1) is 10.2 Å². The van der Waals surface area contributed by atoms with Gasteiger partial charge in [-0.1, -0.05) is 23.4 Å². The fourth-order valence-electron chi connectivity index (χ4n) is 3.31. The van der Waals surface area contributed by atoms with Crippen LogP contribution in [0.15, 0.2) is 41.6 Å². The van der Waals surface area contributed by atoms with Crippen LogP contribution in [-0.4, -0.2) is 44.4 Å². The molecule has 2 N–H and O–H groups in total. The lowest BCUT2D eigenvalue weighted by Gasteiger charge is -2.06. The van der Waals surface area contributed by atoms with Crippen LogP contribution in [0.25, 0.3) is 22.1 Å². The Balaban J connectivity index is 1.41. The predicted octanol–water partition coefficient (Wildman–Crippen LogP) is 4.03. The number of hydrogen-bond acceptors (Lipinski definition) is 7. The highest BCUT2D eigenvalue weighted by Gasteiger charge is 2.13. The second-order valence-electron chi connectivity index (χ2n) is 7.06. The van der Waals surface area contributed by atoms with Crippen LogP contribution in [0, 0.1) is 13.8 Å². The minimum Gasteiger partial charge on any atom is -0.462 e. The highest BCUT2D eigenvalue weighted by molar-refractivity contribution is 7.99. The summed E-state index contributed by atoms with van der Waals surface area (Å²) in [6.07, 6.45) is 0. The van der Waals surface area contributed by atoms with Gasteiger partial charge in [0.25, 0.3) is 0 Å². The Morgan fingerprint density at radius 3 is 2.65 bits per heavy atom. The quantitative estimate of drug-likeness (QED) is 0.347. The number of aromatic amines is 1. The van der Waals surface area contributed by atoms with Gasteiger partial charge in [0.1, 0.15) is 5.52 Å². The first-order valence-corrected chi connectivity index (χ1v) is 10.8. The maximum Gasteiger partial charge on any atom is 0.338 e. The van der Waals surface area contributed by atoms with Gasteiger partial charge in [-0.2, -0.15) is 0 Å². The molecule has 9 heteroatoms. The molecule has 0 radical (unpaired) electrons. The monoisotopic (exact) mass is 435 g/mol. The van der Waals surface area contributed by atoms with Crippen LogP contribution >= 0.6 is 11.8 Å². The smallest absolute Gasteiger partial charge is 0.338 e. The Labute approximate surface area is 182 Å². The van der Waals surface area contributed by atoms with E-state index in [0.29, 0.717) is 28.7 Å². The second-order valence-corrected chi connectivity index (χ2v) is 8.00. The number of carbonyl (C=O) groups excluding carboxylic acids is 2. The number of nitrogens with zero attached hydrogens (tertiary/aromatic N) is 3. The second kappa shape index (κ2) is 8.73. The minimum absolute atomic E-state index is 0.130. The van der Waals surface area contributed by atoms with Gasteiger partial charge in [0, 0.05) is 11.1 Å². The van der Waals surface area contributed by atoms with Gasteiger partial charge >= 0.3 is 5.97 Å². The number of nitrogens with one attached hydrogen (secondary N) is 2. The molecular weight excluding hydrogens is 414 g/mol. The zero-order valence-corrected chi connectivity index (χ0v) is 18.2. The Morgan fingerprint density at radius 1 is 1.13 bits per heavy atom. The van der Waals surface area contributed by atoms with Crippen LogP contribution in [0.3, 0.4) is 0 Å². The van der Waals surface area contributed by atoms with E-state index in [1.807, 2.05) is 13.8 Å². The number of amides is 1. The van der Waals surface area contributed by atoms with E-state index >= 15 is 0 Å². The Morgan fingerprint density at radius 2 is 1.90 bits per heavy atom. The Hall–Kier alpha value is -3.46. The molecular formula is C22H21N5O3S. The molecule has 0 saturated heterocycles. The molecule has 0 unspecified atom stereocenters. The average Bonchev–Trinajstić information content (AvgIpc) is 3.11. The van der Waals surface area contributed by atoms with Crippen molar-refractivity contribution < 1.29 is 14.3 Å². The molecule has 0 aliphatic rings. The van der Waals surface area contributed by atoms with E-state index in [1.54, 1.807) is 31.2 Å². The van der Waals surface area contributed by atoms with Crippen molar-refractivity contribution in [2.24, 2.45) is 0 Å². The SMILES string of the molecule is CCOC(=O)c1ccc(NC(=O)CSc2nnc3c(n2)[nH]c2c(C)cc(C)cc23)cc1. The standard InChI is InChI=1S/C22H21N5O3S/c1-4-30-21(29)14-5-7-15(8-6-14)23-17(28)11-31-22-25-20-19(26-27-22)16-10-12(2)9-13(3)18(16)24-20/h5-10H,4,11H2,1-3H3,(H,23,28)(H,24,25,27). The molecule has 0 aliphatic heterocycles. The van der Waals surface area contributed by atoms with Gasteiger partial charge in [-0.05, 0) is 56.7 Å². The summed E-state index contributed by atoms with van der Waals surface area (Å²) in [6.45, 7) is 6.15. The first-order valence-electron chi connectivity index (χ1n) is 9.78. The lowest BCUT2D eigenvalue weighted by Crippen LogP contribution is -2.14. The van der Waals surface area contributed by atoms with E-state index in [4.69, 9.17) is 4.74 Å². The molecule has 0 atom stereocenters. The molecule has 1 amide bonds. The van der Waals surface area contributed by atoms with Crippen LogP contribution in [0.1, 0.15) is 28.4 Å². The summed E-state index contributed by atoms with van der Waals surface area (Å²) in [7, 11) is 0. The summed E-state index contributed by atoms with van der Waals surface area (Å²) in [6, 6.07) is 10.7. The molecule has 0 spiro atoms. The zero-order chi connectivity index (χ0) is 22.0. The molecule has 4 rings (SSSR count). The van der Waals surface area contributed by atoms with Crippen molar-refractivity contribution in [1.29, 1.82) is 0 Å². The Kier molecular flexibility index (Phi) is 5.85. The van der Waals surface area contributed by atoms with E-state index < -0.39 is 5.97 Å². The maximum absolute atomic E-state index is 12.3. The van der Waals surface area contributed by atoms with E-state index in [2.05, 4.69) is 37.6 Å². The van der Waals surface area contributed by atoms with E-state index in [1.165, 1.54) is 11.8 Å². The van der Waals surface area contributed by atoms with Crippen molar-refractivity contribution in [1.82, 2.24) is 20.2 Å². The summed E-state index contributed by atoms with van der Waals surface area (Å²) in [4.78, 5) is 31.8. The lowest BCUT2D eigenvalue weighted by atomic mass is 10.1. The molecule has 0 aliphatic carbocycles. The van der Waals surface area contributed by atoms with Gasteiger partial charge < -0.3 is 15.0 Å². The molecule has 2 aromatic heterocycles. The summed E-state index contributed by atoms with van der Waals surface area (Å²) in [5.41, 5.74) is 5.66. The third-order valence-electron chi connectivity index (χ3n) is 4.66. The number of carbonyl (C=O) groups is 2. The molecule has 2 aromatic carbocycles. The van der Waals surface area contributed by atoms with E-state index in [9.17, 15) is 9.59 Å². The lowest BCUT2D eigenvalue weighted by molar-refractivity contribution is -0.113. The van der Waals surface area contributed by atoms with E-state index in [-0.39, 0.29) is 11.7 Å². The van der Waals surface area contributed by atoms with Crippen molar-refractivity contribution in [2.75, 3.05) is 17.7 Å². The normalized spacial score (nSPS) is 11.1. The van der Waals surface area contributed by atoms with Crippen LogP contribution in [0.2, 0.25) is 0 Å². The fourth-order valence-corrected chi connectivity index (χ4v) is 3.90. The number of hydrogen-bond donors (Lipinski definition) is 2. The fraction of sp³-hybridized carbons (Fsp3) is 0.227. The van der Waals surface area contributed by atoms with Crippen LogP contribution < -0.4 is 5.32 Å². The number of anilines is 1. The molecule has 0 fully saturated rings. The third kappa shape index (κ3) is 4.51. The molecule has 8 nitrogen and oxygen atoms in total. The molecule has 0 bridgehead atoms. The van der Waals surface area contributed by atoms with Crippen molar-refractivity contribution >= 4 is 51.4 Å². The largest absolute Gasteiger partial charge is 0.462 e. The molecule has 4 aromatic rings. The molecule has 158 valence electrons. The van der Waals surface area contributed by atoms with E-state index in [0.717, 1.165) is 27.5 Å². The number of esters is 1. The number of fused-ring (bicyclic) bond motifs is 3. The number of H-pyrrole nitrogens is 1. The van der Waals surface area contributed by atoms with Crippen molar-refractivity contribution in [3.05, 3.63) is 53.1 Å². The van der Waals surface area contributed by atoms with Gasteiger partial charge in [-0.25, -0.2) is 9.78 Å². The van der Waals surface area contributed by atoms with Gasteiger partial charge in [0.2, 0.25) is 11.1 Å². The number of ether oxygens (including phenoxy) is 1. The van der Waals surface area contributed by atoms with Crippen molar-refractivity contribution in [3.8, 4) is 0 Å². The Bertz CT molecular complexity index is 1280. The number of benzene rings is 2. The predicted molar refractivity (Wildman–Crippen MR) is 120 cm³/mol. The van der Waals surface area contributed by atoms with Crippen molar-refractivity contribution in [2.45, 2.75) is 25.9 Å². The molecule has 2 heterocycles. The number of aryl methyl sites for hydroxylation is 2. The van der Waals surface area contributed by atoms with Gasteiger partial charge in [0.15, 0.2) is 5.65 Å². The van der Waals surface area contributed by atoms with Gasteiger partial charge in [-0.3, -0.25) is 4.79 Å². The molecule has 31 heavy (non-hydrogen) atoms. The molecule has 0 saturated carbocycles. The first-order chi connectivity index (χ1) is 14.9. The minimum atomic E-state index is -0.390. The summed E-state index contributed by atoms with van der Waals surface area (Å²) in [5.74, 6) is -0.468. The topological polar surface area (TPSA) is 110 Å². The number of rotatable bonds is 6. The summed E-state index contributed by atoms with van der Waals surface area (Å²) < 4.78 is 4.95. The van der Waals surface area contributed by atoms with Crippen molar-refractivity contribution in [3.63, 3.8) is 0 Å². The van der Waals surface area contributed by atoms with Crippen LogP contribution in [-0.2, 0) is 9.53 Å². The number of aromatic nitrogens is 4. The summed E-state index contributed by atoms with van der Waals surface area (Å²) >= 11 is 1.20. The van der Waals surface area contributed by atoms with Gasteiger partial charge in [0.05, 0.1) is 23.4 Å². The first kappa shape index (κ1) is 20.8. The van der Waals surface area contributed by atoms with Crippen LogP contribution in [0.5, 0.6) is 0 Å². The zero-order valence-electron chi connectivity index (χ0n) is 17.4. The average molecular weight is 436 g/mol. The highest BCUT2D eigenvalue weighted by atomic mass is 32.2. The van der Waals surface area contributed by atoms with Crippen LogP contribution in [0.4, 0.5) is 5.69 Å². The highest BCUT2D eigenvalue weighted by Crippen LogP contribution is 2.27. The third-order valence-corrected chi connectivity index (χ3v) is 5.50.